The average molecular weight is 303 g/mol. The number of aromatic nitrogens is 1. The third-order valence-corrected chi connectivity index (χ3v) is 3.73. The average Bonchev–Trinajstić information content (AvgIpc) is 2.88. The molecule has 2 rings (SSSR count). The number of pyridine rings is 1. The van der Waals surface area contributed by atoms with Gasteiger partial charge in [0.2, 0.25) is 0 Å². The summed E-state index contributed by atoms with van der Waals surface area (Å²) in [5.74, 6) is 5.99. The van der Waals surface area contributed by atoms with Crippen LogP contribution in [0, 0.1) is 0 Å². The Bertz CT molecular complexity index is 585. The van der Waals surface area contributed by atoms with Crippen LogP contribution in [0.15, 0.2) is 29.9 Å². The van der Waals surface area contributed by atoms with E-state index in [-0.39, 0.29) is 5.56 Å². The number of rotatable bonds is 4. The molecule has 20 heavy (non-hydrogen) atoms. The lowest BCUT2D eigenvalue weighted by molar-refractivity contribution is -0.138. The molecule has 3 N–H and O–H groups in total. The van der Waals surface area contributed by atoms with Gasteiger partial charge in [-0.05, 0) is 12.1 Å². The van der Waals surface area contributed by atoms with Crippen molar-refractivity contribution in [2.24, 2.45) is 5.84 Å². The SMILES string of the molecule is COc1csc(C(NN)c2cnccc2C(F)(F)F)c1. The fourth-order valence-electron chi connectivity index (χ4n) is 1.81. The van der Waals surface area contributed by atoms with Crippen LogP contribution in [0.3, 0.4) is 0 Å². The molecule has 1 unspecified atom stereocenters. The summed E-state index contributed by atoms with van der Waals surface area (Å²) < 4.78 is 44.1. The predicted molar refractivity (Wildman–Crippen MR) is 69.3 cm³/mol. The molecule has 0 spiro atoms. The zero-order valence-corrected chi connectivity index (χ0v) is 11.3. The zero-order valence-electron chi connectivity index (χ0n) is 10.4. The van der Waals surface area contributed by atoms with Gasteiger partial charge < -0.3 is 4.74 Å². The van der Waals surface area contributed by atoms with Gasteiger partial charge in [0, 0.05) is 28.2 Å². The summed E-state index contributed by atoms with van der Waals surface area (Å²) in [7, 11) is 1.49. The van der Waals surface area contributed by atoms with Gasteiger partial charge in [0.05, 0.1) is 18.7 Å². The van der Waals surface area contributed by atoms with E-state index in [9.17, 15) is 13.2 Å². The van der Waals surface area contributed by atoms with Crippen molar-refractivity contribution >= 4 is 11.3 Å². The van der Waals surface area contributed by atoms with E-state index in [2.05, 4.69) is 10.4 Å². The largest absolute Gasteiger partial charge is 0.496 e. The Morgan fingerprint density at radius 2 is 2.20 bits per heavy atom. The first kappa shape index (κ1) is 14.8. The van der Waals surface area contributed by atoms with E-state index in [0.717, 1.165) is 12.3 Å². The second-order valence-electron chi connectivity index (χ2n) is 3.95. The Balaban J connectivity index is 2.47. The van der Waals surface area contributed by atoms with Gasteiger partial charge in [0.1, 0.15) is 5.75 Å². The van der Waals surface area contributed by atoms with Gasteiger partial charge >= 0.3 is 6.18 Å². The number of nitrogens with two attached hydrogens (primary N) is 1. The van der Waals surface area contributed by atoms with Crippen molar-refractivity contribution in [3.8, 4) is 5.75 Å². The Morgan fingerprint density at radius 3 is 2.75 bits per heavy atom. The Labute approximate surface area is 117 Å². The molecule has 0 saturated heterocycles. The number of ether oxygens (including phenoxy) is 1. The van der Waals surface area contributed by atoms with Gasteiger partial charge in [0.15, 0.2) is 0 Å². The van der Waals surface area contributed by atoms with Crippen LogP contribution in [0.2, 0.25) is 0 Å². The highest BCUT2D eigenvalue weighted by Gasteiger charge is 2.35. The van der Waals surface area contributed by atoms with Gasteiger partial charge in [-0.1, -0.05) is 0 Å². The molecule has 4 nitrogen and oxygen atoms in total. The molecule has 0 radical (unpaired) electrons. The van der Waals surface area contributed by atoms with Crippen molar-refractivity contribution in [1.82, 2.24) is 10.4 Å². The van der Waals surface area contributed by atoms with E-state index in [1.807, 2.05) is 0 Å². The van der Waals surface area contributed by atoms with E-state index in [0.29, 0.717) is 10.6 Å². The molecule has 2 heterocycles. The summed E-state index contributed by atoms with van der Waals surface area (Å²) >= 11 is 1.26. The molecule has 2 aromatic heterocycles. The number of nitrogens with one attached hydrogen (secondary N) is 1. The lowest BCUT2D eigenvalue weighted by atomic mass is 10.0. The molecular weight excluding hydrogens is 291 g/mol. The molecule has 0 bridgehead atoms. The van der Waals surface area contributed by atoms with Gasteiger partial charge in [-0.15, -0.1) is 11.3 Å². The molecule has 108 valence electrons. The molecule has 0 aliphatic rings. The summed E-state index contributed by atoms with van der Waals surface area (Å²) in [4.78, 5) is 4.37. The molecule has 2 aromatic rings. The van der Waals surface area contributed by atoms with Crippen molar-refractivity contribution in [3.05, 3.63) is 45.9 Å². The summed E-state index contributed by atoms with van der Waals surface area (Å²) in [5.41, 5.74) is 1.62. The van der Waals surface area contributed by atoms with Crippen molar-refractivity contribution in [2.75, 3.05) is 7.11 Å². The quantitative estimate of drug-likeness (QED) is 0.673. The molecule has 8 heteroatoms. The number of methoxy groups -OCH3 is 1. The molecule has 0 aliphatic carbocycles. The summed E-state index contributed by atoms with van der Waals surface area (Å²) in [5, 5.41) is 1.70. The minimum absolute atomic E-state index is 0.0213. The number of halogens is 3. The molecule has 0 saturated carbocycles. The van der Waals surface area contributed by atoms with Crippen LogP contribution in [0.5, 0.6) is 5.75 Å². The van der Waals surface area contributed by atoms with Crippen molar-refractivity contribution in [1.29, 1.82) is 0 Å². The first-order valence-corrected chi connectivity index (χ1v) is 6.45. The Hall–Kier alpha value is -1.64. The minimum atomic E-state index is -4.46. The Morgan fingerprint density at radius 1 is 1.45 bits per heavy atom. The molecule has 0 amide bonds. The van der Waals surface area contributed by atoms with Crippen LogP contribution in [-0.4, -0.2) is 12.1 Å². The highest BCUT2D eigenvalue weighted by molar-refractivity contribution is 7.10. The first-order chi connectivity index (χ1) is 9.47. The fraction of sp³-hybridized carbons (Fsp3) is 0.250. The second kappa shape index (κ2) is 5.78. The highest BCUT2D eigenvalue weighted by Crippen LogP contribution is 2.38. The van der Waals surface area contributed by atoms with Gasteiger partial charge in [-0.2, -0.15) is 13.2 Å². The number of thiophene rings is 1. The fourth-order valence-corrected chi connectivity index (χ4v) is 2.74. The van der Waals surface area contributed by atoms with Crippen LogP contribution in [0.1, 0.15) is 22.0 Å². The van der Waals surface area contributed by atoms with Gasteiger partial charge in [0.25, 0.3) is 0 Å². The lowest BCUT2D eigenvalue weighted by Gasteiger charge is -2.19. The maximum absolute atomic E-state index is 13.0. The van der Waals surface area contributed by atoms with Crippen molar-refractivity contribution < 1.29 is 17.9 Å². The zero-order chi connectivity index (χ0) is 14.8. The van der Waals surface area contributed by atoms with E-state index in [1.165, 1.54) is 24.6 Å². The van der Waals surface area contributed by atoms with Crippen LogP contribution in [-0.2, 0) is 6.18 Å². The number of hydrogen-bond donors (Lipinski definition) is 2. The predicted octanol–water partition coefficient (Wildman–Crippen LogP) is 2.72. The first-order valence-electron chi connectivity index (χ1n) is 5.57. The van der Waals surface area contributed by atoms with E-state index in [4.69, 9.17) is 10.6 Å². The monoisotopic (exact) mass is 303 g/mol. The number of hydrazine groups is 1. The van der Waals surface area contributed by atoms with Gasteiger partial charge in [-0.3, -0.25) is 10.8 Å². The summed E-state index contributed by atoms with van der Waals surface area (Å²) in [6, 6.07) is 1.78. The molecule has 1 atom stereocenters. The van der Waals surface area contributed by atoms with Crippen LogP contribution in [0.25, 0.3) is 0 Å². The van der Waals surface area contributed by atoms with Crippen LogP contribution < -0.4 is 16.0 Å². The van der Waals surface area contributed by atoms with Gasteiger partial charge in [-0.25, -0.2) is 5.43 Å². The highest BCUT2D eigenvalue weighted by atomic mass is 32.1. The van der Waals surface area contributed by atoms with E-state index >= 15 is 0 Å². The second-order valence-corrected chi connectivity index (χ2v) is 4.89. The standard InChI is InChI=1S/C12H12F3N3OS/c1-19-7-4-10(20-6-7)11(18-16)8-5-17-3-2-9(8)12(13,14)15/h2-6,11,18H,16H2,1H3. The molecule has 0 aliphatic heterocycles. The van der Waals surface area contributed by atoms with Crippen LogP contribution in [0.4, 0.5) is 13.2 Å². The smallest absolute Gasteiger partial charge is 0.416 e. The number of nitrogens with zero attached hydrogens (tertiary/aromatic N) is 1. The number of hydrogen-bond acceptors (Lipinski definition) is 5. The Kier molecular flexibility index (Phi) is 4.26. The maximum atomic E-state index is 13.0. The minimum Gasteiger partial charge on any atom is -0.496 e. The summed E-state index contributed by atoms with van der Waals surface area (Å²) in [6.07, 6.45) is -2.19. The van der Waals surface area contributed by atoms with Crippen molar-refractivity contribution in [3.63, 3.8) is 0 Å². The maximum Gasteiger partial charge on any atom is 0.416 e. The third kappa shape index (κ3) is 2.92. The number of alkyl halides is 3. The van der Waals surface area contributed by atoms with E-state index in [1.54, 1.807) is 11.4 Å². The summed E-state index contributed by atoms with van der Waals surface area (Å²) in [6.45, 7) is 0. The van der Waals surface area contributed by atoms with Crippen molar-refractivity contribution in [2.45, 2.75) is 12.2 Å². The molecule has 0 aromatic carbocycles. The van der Waals surface area contributed by atoms with E-state index < -0.39 is 17.8 Å². The normalized spacial score (nSPS) is 13.2. The topological polar surface area (TPSA) is 60.2 Å². The molecular formula is C12H12F3N3OS. The lowest BCUT2D eigenvalue weighted by Crippen LogP contribution is -2.30. The van der Waals surface area contributed by atoms with Crippen LogP contribution >= 0.6 is 11.3 Å². The third-order valence-electron chi connectivity index (χ3n) is 2.75. The molecule has 0 fully saturated rings.